The molecule has 0 aliphatic heterocycles. The van der Waals surface area contributed by atoms with Crippen molar-refractivity contribution < 1.29 is 14.0 Å². The van der Waals surface area contributed by atoms with E-state index in [1.165, 1.54) is 25.1 Å². The predicted octanol–water partition coefficient (Wildman–Crippen LogP) is 0.865. The van der Waals surface area contributed by atoms with Gasteiger partial charge in [0.1, 0.15) is 5.82 Å². The predicted molar refractivity (Wildman–Crippen MR) is 52.5 cm³/mol. The van der Waals surface area contributed by atoms with Crippen LogP contribution < -0.4 is 5.73 Å². The zero-order chi connectivity index (χ0) is 11.4. The fraction of sp³-hybridized carbons (Fsp3) is 0.0909. The third-order valence-electron chi connectivity index (χ3n) is 1.70. The van der Waals surface area contributed by atoms with Gasteiger partial charge in [0, 0.05) is 5.92 Å². The van der Waals surface area contributed by atoms with Gasteiger partial charge in [0.05, 0.1) is 11.1 Å². The van der Waals surface area contributed by atoms with E-state index in [2.05, 4.69) is 5.92 Å². The molecule has 0 aliphatic carbocycles. The minimum atomic E-state index is -0.845. The number of amides is 1. The van der Waals surface area contributed by atoms with Crippen LogP contribution in [-0.4, -0.2) is 11.7 Å². The molecule has 1 aromatic carbocycles. The lowest BCUT2D eigenvalue weighted by atomic mass is 10.1. The standard InChI is InChI=1S/C11H8FNO2/c1-7(14)9-4-2-3-8(11(9)12)5-6-10(13)15/h2-4H,1H3,(H2,13,15). The van der Waals surface area contributed by atoms with Crippen LogP contribution in [0.1, 0.15) is 22.8 Å². The second kappa shape index (κ2) is 4.38. The van der Waals surface area contributed by atoms with E-state index in [-0.39, 0.29) is 11.1 Å². The fourth-order valence-electron chi connectivity index (χ4n) is 1.03. The van der Waals surface area contributed by atoms with Gasteiger partial charge in [0.15, 0.2) is 5.78 Å². The van der Waals surface area contributed by atoms with Gasteiger partial charge in [-0.15, -0.1) is 0 Å². The van der Waals surface area contributed by atoms with Crippen LogP contribution in [0.25, 0.3) is 0 Å². The van der Waals surface area contributed by atoms with E-state index in [1.807, 2.05) is 5.92 Å². The van der Waals surface area contributed by atoms with Crippen LogP contribution in [-0.2, 0) is 4.79 Å². The van der Waals surface area contributed by atoms with E-state index < -0.39 is 17.5 Å². The average molecular weight is 205 g/mol. The lowest BCUT2D eigenvalue weighted by molar-refractivity contribution is -0.112. The summed E-state index contributed by atoms with van der Waals surface area (Å²) in [4.78, 5) is 21.3. The maximum atomic E-state index is 13.5. The summed E-state index contributed by atoms with van der Waals surface area (Å²) in [5, 5.41) is 0. The second-order valence-corrected chi connectivity index (χ2v) is 2.84. The number of carbonyl (C=O) groups excluding carboxylic acids is 2. The zero-order valence-electron chi connectivity index (χ0n) is 8.00. The number of ketones is 1. The first-order chi connectivity index (χ1) is 7.02. The number of carbonyl (C=O) groups is 2. The summed E-state index contributed by atoms with van der Waals surface area (Å²) in [5.74, 6) is 2.30. The molecule has 1 aromatic rings. The molecule has 1 rings (SSSR count). The lowest BCUT2D eigenvalue weighted by Gasteiger charge is -1.99. The van der Waals surface area contributed by atoms with Crippen molar-refractivity contribution in [2.75, 3.05) is 0 Å². The number of halogens is 1. The molecule has 0 spiro atoms. The molecule has 0 atom stereocenters. The molecule has 3 nitrogen and oxygen atoms in total. The molecule has 0 aromatic heterocycles. The maximum Gasteiger partial charge on any atom is 0.293 e. The van der Waals surface area contributed by atoms with Crippen molar-refractivity contribution in [3.8, 4) is 11.8 Å². The van der Waals surface area contributed by atoms with Crippen molar-refractivity contribution in [3.63, 3.8) is 0 Å². The number of hydrogen-bond acceptors (Lipinski definition) is 2. The van der Waals surface area contributed by atoms with E-state index in [9.17, 15) is 14.0 Å². The van der Waals surface area contributed by atoms with Gasteiger partial charge in [-0.3, -0.25) is 9.59 Å². The highest BCUT2D eigenvalue weighted by molar-refractivity contribution is 5.95. The summed E-state index contributed by atoms with van der Waals surface area (Å²) < 4.78 is 13.5. The third-order valence-corrected chi connectivity index (χ3v) is 1.70. The Balaban J connectivity index is 3.23. The van der Waals surface area contributed by atoms with E-state index >= 15 is 0 Å². The lowest BCUT2D eigenvalue weighted by Crippen LogP contribution is -2.06. The molecule has 0 saturated heterocycles. The van der Waals surface area contributed by atoms with Crippen LogP contribution in [0.5, 0.6) is 0 Å². The van der Waals surface area contributed by atoms with Crippen LogP contribution in [0.3, 0.4) is 0 Å². The fourth-order valence-corrected chi connectivity index (χ4v) is 1.03. The molecule has 15 heavy (non-hydrogen) atoms. The highest BCUT2D eigenvalue weighted by Crippen LogP contribution is 2.12. The summed E-state index contributed by atoms with van der Waals surface area (Å²) in [6, 6.07) is 4.22. The van der Waals surface area contributed by atoms with Gasteiger partial charge in [-0.05, 0) is 19.1 Å². The second-order valence-electron chi connectivity index (χ2n) is 2.84. The Morgan fingerprint density at radius 3 is 2.60 bits per heavy atom. The average Bonchev–Trinajstić information content (AvgIpc) is 2.15. The summed E-state index contributed by atoms with van der Waals surface area (Å²) in [7, 11) is 0. The molecule has 0 aliphatic rings. The van der Waals surface area contributed by atoms with Gasteiger partial charge in [-0.1, -0.05) is 12.0 Å². The largest absolute Gasteiger partial charge is 0.359 e. The molecule has 0 heterocycles. The first kappa shape index (κ1) is 10.9. The Bertz CT molecular complexity index is 483. The highest BCUT2D eigenvalue weighted by Gasteiger charge is 2.09. The maximum absolute atomic E-state index is 13.5. The molecule has 0 saturated carbocycles. The molecular weight excluding hydrogens is 197 g/mol. The van der Waals surface area contributed by atoms with Gasteiger partial charge in [-0.25, -0.2) is 4.39 Å². The van der Waals surface area contributed by atoms with E-state index in [1.54, 1.807) is 0 Å². The van der Waals surface area contributed by atoms with E-state index in [0.29, 0.717) is 0 Å². The number of hydrogen-bond donors (Lipinski definition) is 1. The van der Waals surface area contributed by atoms with Crippen molar-refractivity contribution in [2.45, 2.75) is 6.92 Å². The molecule has 0 fully saturated rings. The van der Waals surface area contributed by atoms with Crippen LogP contribution in [0, 0.1) is 17.7 Å². The van der Waals surface area contributed by atoms with Crippen LogP contribution in [0.15, 0.2) is 18.2 Å². The Morgan fingerprint density at radius 2 is 2.07 bits per heavy atom. The number of primary amides is 1. The summed E-state index contributed by atoms with van der Waals surface area (Å²) >= 11 is 0. The number of rotatable bonds is 1. The molecule has 0 unspecified atom stereocenters. The molecule has 76 valence electrons. The quantitative estimate of drug-likeness (QED) is 0.546. The number of Topliss-reactive ketones (excluding diaryl/α,β-unsaturated/α-hetero) is 1. The van der Waals surface area contributed by atoms with Crippen LogP contribution >= 0.6 is 0 Å². The number of nitrogens with two attached hydrogens (primary N) is 1. The monoisotopic (exact) mass is 205 g/mol. The zero-order valence-corrected chi connectivity index (χ0v) is 8.00. The van der Waals surface area contributed by atoms with Gasteiger partial charge >= 0.3 is 0 Å². The minimum absolute atomic E-state index is 0.0125. The van der Waals surface area contributed by atoms with Crippen LogP contribution in [0.2, 0.25) is 0 Å². The Kier molecular flexibility index (Phi) is 3.19. The summed E-state index contributed by atoms with van der Waals surface area (Å²) in [6.45, 7) is 1.25. The van der Waals surface area contributed by atoms with Crippen molar-refractivity contribution in [2.24, 2.45) is 5.73 Å². The molecule has 4 heteroatoms. The summed E-state index contributed by atoms with van der Waals surface area (Å²) in [6.07, 6.45) is 0. The topological polar surface area (TPSA) is 60.2 Å². The number of benzene rings is 1. The van der Waals surface area contributed by atoms with E-state index in [0.717, 1.165) is 0 Å². The molecule has 2 N–H and O–H groups in total. The smallest absolute Gasteiger partial charge is 0.293 e. The minimum Gasteiger partial charge on any atom is -0.359 e. The first-order valence-electron chi connectivity index (χ1n) is 4.13. The van der Waals surface area contributed by atoms with Crippen LogP contribution in [0.4, 0.5) is 4.39 Å². The third kappa shape index (κ3) is 2.64. The molecular formula is C11H8FNO2. The van der Waals surface area contributed by atoms with Crippen molar-refractivity contribution >= 4 is 11.7 Å². The van der Waals surface area contributed by atoms with Crippen molar-refractivity contribution in [3.05, 3.63) is 35.1 Å². The van der Waals surface area contributed by atoms with Gasteiger partial charge in [0.25, 0.3) is 5.91 Å². The molecule has 0 radical (unpaired) electrons. The highest BCUT2D eigenvalue weighted by atomic mass is 19.1. The molecule has 0 bridgehead atoms. The summed E-state index contributed by atoms with van der Waals surface area (Å²) in [5.41, 5.74) is 4.72. The SMILES string of the molecule is CC(=O)c1cccc(C#CC(N)=O)c1F. The van der Waals surface area contributed by atoms with Crippen molar-refractivity contribution in [1.29, 1.82) is 0 Å². The normalized spacial score (nSPS) is 8.93. The Hall–Kier alpha value is -2.15. The van der Waals surface area contributed by atoms with Crippen molar-refractivity contribution in [1.82, 2.24) is 0 Å². The van der Waals surface area contributed by atoms with Gasteiger partial charge in [0.2, 0.25) is 0 Å². The van der Waals surface area contributed by atoms with E-state index in [4.69, 9.17) is 5.73 Å². The Morgan fingerprint density at radius 1 is 1.40 bits per heavy atom. The van der Waals surface area contributed by atoms with Gasteiger partial charge < -0.3 is 5.73 Å². The van der Waals surface area contributed by atoms with Gasteiger partial charge in [-0.2, -0.15) is 0 Å². The molecule has 1 amide bonds. The Labute approximate surface area is 86.1 Å². The first-order valence-corrected chi connectivity index (χ1v) is 4.13.